The highest BCUT2D eigenvalue weighted by Crippen LogP contribution is 2.30. The molecule has 1 N–H and O–H groups in total. The third kappa shape index (κ3) is 9.07. The van der Waals surface area contributed by atoms with Crippen LogP contribution in [0.25, 0.3) is 0 Å². The van der Waals surface area contributed by atoms with Crippen LogP contribution in [0.2, 0.25) is 0 Å². The highest BCUT2D eigenvalue weighted by molar-refractivity contribution is 7.92. The van der Waals surface area contributed by atoms with E-state index in [9.17, 15) is 18.0 Å². The summed E-state index contributed by atoms with van der Waals surface area (Å²) in [5.74, 6) is 0.103. The van der Waals surface area contributed by atoms with E-state index in [0.29, 0.717) is 37.4 Å². The van der Waals surface area contributed by atoms with Crippen molar-refractivity contribution in [3.63, 3.8) is 0 Å². The van der Waals surface area contributed by atoms with Gasteiger partial charge in [0.05, 0.1) is 18.6 Å². The van der Waals surface area contributed by atoms with Crippen LogP contribution in [0.1, 0.15) is 58.9 Å². The molecule has 0 saturated heterocycles. The molecule has 0 fully saturated rings. The maximum Gasteiger partial charge on any atom is 0.243 e. The number of nitrogens with zero attached hydrogens (tertiary/aromatic N) is 2. The predicted molar refractivity (Wildman–Crippen MR) is 148 cm³/mol. The third-order valence-electron chi connectivity index (χ3n) is 6.17. The number of benzene rings is 2. The second-order valence-electron chi connectivity index (χ2n) is 9.09. The molecule has 0 unspecified atom stereocenters. The van der Waals surface area contributed by atoms with E-state index in [4.69, 9.17) is 4.74 Å². The molecule has 204 valence electrons. The maximum absolute atomic E-state index is 13.5. The zero-order chi connectivity index (χ0) is 27.4. The zero-order valence-electron chi connectivity index (χ0n) is 22.6. The van der Waals surface area contributed by atoms with Gasteiger partial charge in [-0.15, -0.1) is 0 Å². The smallest absolute Gasteiger partial charge is 0.243 e. The van der Waals surface area contributed by atoms with Gasteiger partial charge in [-0.3, -0.25) is 13.9 Å². The Morgan fingerprint density at radius 1 is 0.973 bits per heavy atom. The van der Waals surface area contributed by atoms with Gasteiger partial charge in [0, 0.05) is 25.6 Å². The van der Waals surface area contributed by atoms with E-state index in [-0.39, 0.29) is 30.8 Å². The van der Waals surface area contributed by atoms with E-state index in [0.717, 1.165) is 18.2 Å². The van der Waals surface area contributed by atoms with Crippen molar-refractivity contribution in [3.8, 4) is 5.75 Å². The lowest BCUT2D eigenvalue weighted by molar-refractivity contribution is -0.141. The van der Waals surface area contributed by atoms with Crippen molar-refractivity contribution >= 4 is 27.5 Å². The van der Waals surface area contributed by atoms with E-state index in [2.05, 4.69) is 5.32 Å². The Kier molecular flexibility index (Phi) is 11.9. The molecule has 0 radical (unpaired) electrons. The number of sulfonamides is 1. The molecule has 0 aliphatic heterocycles. The first-order valence-electron chi connectivity index (χ1n) is 13.0. The molecule has 2 aromatic rings. The van der Waals surface area contributed by atoms with Gasteiger partial charge in [-0.2, -0.15) is 0 Å². The molecule has 0 heterocycles. The molecule has 8 nitrogen and oxygen atoms in total. The molecule has 37 heavy (non-hydrogen) atoms. The summed E-state index contributed by atoms with van der Waals surface area (Å²) in [7, 11) is -3.61. The van der Waals surface area contributed by atoms with Crippen molar-refractivity contribution in [1.82, 2.24) is 10.2 Å². The Hall–Kier alpha value is -3.07. The van der Waals surface area contributed by atoms with Gasteiger partial charge in [-0.1, -0.05) is 56.3 Å². The van der Waals surface area contributed by atoms with Crippen LogP contribution in [-0.2, 0) is 26.2 Å². The molecule has 0 aliphatic rings. The van der Waals surface area contributed by atoms with Crippen molar-refractivity contribution in [2.24, 2.45) is 0 Å². The molecule has 2 amide bonds. The van der Waals surface area contributed by atoms with Gasteiger partial charge in [0.2, 0.25) is 21.8 Å². The maximum atomic E-state index is 13.5. The molecule has 9 heteroatoms. The fourth-order valence-corrected chi connectivity index (χ4v) is 5.03. The highest BCUT2D eigenvalue weighted by Gasteiger charge is 2.29. The molecule has 0 bridgehead atoms. The summed E-state index contributed by atoms with van der Waals surface area (Å²) in [5, 5.41) is 3.00. The average Bonchev–Trinajstić information content (AvgIpc) is 2.87. The van der Waals surface area contributed by atoms with Crippen LogP contribution in [0.4, 0.5) is 5.69 Å². The van der Waals surface area contributed by atoms with E-state index in [1.54, 1.807) is 29.2 Å². The van der Waals surface area contributed by atoms with Gasteiger partial charge < -0.3 is 15.0 Å². The second-order valence-corrected chi connectivity index (χ2v) is 11.0. The summed E-state index contributed by atoms with van der Waals surface area (Å²) in [6.07, 6.45) is 2.80. The van der Waals surface area contributed by atoms with Crippen LogP contribution in [0, 0.1) is 0 Å². The first kappa shape index (κ1) is 30.2. The quantitative estimate of drug-likeness (QED) is 0.369. The largest absolute Gasteiger partial charge is 0.492 e. The SMILES string of the molecule is CCOc1ccccc1N(CCCC(=O)N(Cc1ccccc1)[C@@H](CC)C(=O)N[C@H](C)CC)S(C)(=O)=O. The number of para-hydroxylation sites is 2. The fraction of sp³-hybridized carbons (Fsp3) is 0.500. The minimum atomic E-state index is -3.61. The summed E-state index contributed by atoms with van der Waals surface area (Å²) >= 11 is 0. The number of amides is 2. The number of hydrogen-bond donors (Lipinski definition) is 1. The fourth-order valence-electron chi connectivity index (χ4n) is 4.06. The van der Waals surface area contributed by atoms with Gasteiger partial charge >= 0.3 is 0 Å². The van der Waals surface area contributed by atoms with Crippen LogP contribution in [0.3, 0.4) is 0 Å². The van der Waals surface area contributed by atoms with Crippen molar-refractivity contribution in [2.75, 3.05) is 23.7 Å². The average molecular weight is 532 g/mol. The lowest BCUT2D eigenvalue weighted by Crippen LogP contribution is -2.50. The van der Waals surface area contributed by atoms with E-state index in [1.165, 1.54) is 4.31 Å². The van der Waals surface area contributed by atoms with Gasteiger partial charge in [0.1, 0.15) is 11.8 Å². The Bertz CT molecular complexity index is 1110. The number of carbonyl (C=O) groups excluding carboxylic acids is 2. The van der Waals surface area contributed by atoms with Crippen LogP contribution in [0.5, 0.6) is 5.75 Å². The summed E-state index contributed by atoms with van der Waals surface area (Å²) < 4.78 is 32.2. The minimum Gasteiger partial charge on any atom is -0.492 e. The number of hydrogen-bond acceptors (Lipinski definition) is 5. The molecular formula is C28H41N3O5S. The number of anilines is 1. The summed E-state index contributed by atoms with van der Waals surface area (Å²) in [6.45, 7) is 8.48. The van der Waals surface area contributed by atoms with Crippen LogP contribution < -0.4 is 14.4 Å². The van der Waals surface area contributed by atoms with Crippen molar-refractivity contribution in [1.29, 1.82) is 0 Å². The first-order valence-corrected chi connectivity index (χ1v) is 14.8. The molecule has 0 spiro atoms. The monoisotopic (exact) mass is 531 g/mol. The molecule has 2 aromatic carbocycles. The van der Waals surface area contributed by atoms with Crippen molar-refractivity contribution in [3.05, 3.63) is 60.2 Å². The van der Waals surface area contributed by atoms with E-state index < -0.39 is 16.1 Å². The predicted octanol–water partition coefficient (Wildman–Crippen LogP) is 4.35. The van der Waals surface area contributed by atoms with Gasteiger partial charge in [-0.05, 0) is 50.8 Å². The van der Waals surface area contributed by atoms with Crippen LogP contribution in [-0.4, -0.2) is 56.6 Å². The van der Waals surface area contributed by atoms with E-state index in [1.807, 2.05) is 58.0 Å². The summed E-state index contributed by atoms with van der Waals surface area (Å²) in [5.41, 5.74) is 1.37. The lowest BCUT2D eigenvalue weighted by atomic mass is 10.1. The van der Waals surface area contributed by atoms with Gasteiger partial charge in [-0.25, -0.2) is 8.42 Å². The highest BCUT2D eigenvalue weighted by atomic mass is 32.2. The number of nitrogens with one attached hydrogen (secondary N) is 1. The van der Waals surface area contributed by atoms with Gasteiger partial charge in [0.25, 0.3) is 0 Å². The molecule has 0 aliphatic carbocycles. The first-order chi connectivity index (χ1) is 17.6. The molecule has 2 atom stereocenters. The summed E-state index contributed by atoms with van der Waals surface area (Å²) in [6, 6.07) is 15.9. The van der Waals surface area contributed by atoms with Crippen LogP contribution >= 0.6 is 0 Å². The van der Waals surface area contributed by atoms with Gasteiger partial charge in [0.15, 0.2) is 0 Å². The van der Waals surface area contributed by atoms with Crippen LogP contribution in [0.15, 0.2) is 54.6 Å². The Labute approximate surface area is 222 Å². The molecular weight excluding hydrogens is 490 g/mol. The lowest BCUT2D eigenvalue weighted by Gasteiger charge is -2.32. The number of rotatable bonds is 15. The Morgan fingerprint density at radius 2 is 1.62 bits per heavy atom. The standard InChI is InChI=1S/C28H41N3O5S/c1-6-22(4)29-28(33)24(7-2)30(21-23-15-10-9-11-16-23)27(32)19-14-20-31(37(5,34)35)25-17-12-13-18-26(25)36-8-3/h9-13,15-18,22,24H,6-8,14,19-21H2,1-5H3,(H,29,33)/t22-,24+/m1/s1. The Morgan fingerprint density at radius 3 is 2.22 bits per heavy atom. The normalized spacial score (nSPS) is 12.9. The minimum absolute atomic E-state index is 0.00366. The second kappa shape index (κ2) is 14.6. The number of carbonyl (C=O) groups is 2. The zero-order valence-corrected chi connectivity index (χ0v) is 23.5. The van der Waals surface area contributed by atoms with Crippen molar-refractivity contribution < 1.29 is 22.7 Å². The summed E-state index contributed by atoms with van der Waals surface area (Å²) in [4.78, 5) is 28.2. The molecule has 0 saturated carbocycles. The topological polar surface area (TPSA) is 96.0 Å². The number of ether oxygens (including phenoxy) is 1. The third-order valence-corrected chi connectivity index (χ3v) is 7.35. The Balaban J connectivity index is 2.23. The molecule has 0 aromatic heterocycles. The van der Waals surface area contributed by atoms with E-state index >= 15 is 0 Å². The molecule has 2 rings (SSSR count). The van der Waals surface area contributed by atoms with Crippen molar-refractivity contribution in [2.45, 2.75) is 72.0 Å².